The zero-order valence-electron chi connectivity index (χ0n) is 16.0. The number of methoxy groups -OCH3 is 1. The summed E-state index contributed by atoms with van der Waals surface area (Å²) >= 11 is 0. The topological polar surface area (TPSA) is 71.9 Å². The van der Waals surface area contributed by atoms with Gasteiger partial charge in [0.1, 0.15) is 0 Å². The van der Waals surface area contributed by atoms with E-state index in [4.69, 9.17) is 4.74 Å². The van der Waals surface area contributed by atoms with Gasteiger partial charge in [-0.15, -0.1) is 0 Å². The molecule has 138 valence electrons. The van der Waals surface area contributed by atoms with Crippen molar-refractivity contribution >= 4 is 16.8 Å². The maximum atomic E-state index is 12.8. The van der Waals surface area contributed by atoms with Crippen LogP contribution in [0.2, 0.25) is 0 Å². The predicted molar refractivity (Wildman–Crippen MR) is 102 cm³/mol. The van der Waals surface area contributed by atoms with Crippen molar-refractivity contribution in [1.82, 2.24) is 20.1 Å². The van der Waals surface area contributed by atoms with Crippen molar-refractivity contribution in [2.45, 2.75) is 33.2 Å². The van der Waals surface area contributed by atoms with Crippen LogP contribution in [0.25, 0.3) is 10.9 Å². The highest BCUT2D eigenvalue weighted by molar-refractivity contribution is 5.93. The maximum absolute atomic E-state index is 12.8. The molecule has 6 heteroatoms. The van der Waals surface area contributed by atoms with Gasteiger partial charge in [-0.1, -0.05) is 12.1 Å². The third-order valence-electron chi connectivity index (χ3n) is 4.91. The third-order valence-corrected chi connectivity index (χ3v) is 4.91. The smallest absolute Gasteiger partial charge is 0.225 e. The van der Waals surface area contributed by atoms with Crippen molar-refractivity contribution in [3.05, 3.63) is 52.5 Å². The number of aryl methyl sites for hydroxylation is 4. The molecule has 6 nitrogen and oxygen atoms in total. The molecule has 0 saturated carbocycles. The second-order valence-corrected chi connectivity index (χ2v) is 6.81. The van der Waals surface area contributed by atoms with Gasteiger partial charge in [-0.3, -0.25) is 9.48 Å². The molecule has 0 bridgehead atoms. The van der Waals surface area contributed by atoms with E-state index < -0.39 is 0 Å². The number of amides is 1. The fourth-order valence-corrected chi connectivity index (χ4v) is 3.53. The summed E-state index contributed by atoms with van der Waals surface area (Å²) in [6, 6.07) is 5.88. The summed E-state index contributed by atoms with van der Waals surface area (Å²) in [5.74, 6) is -0.0295. The lowest BCUT2D eigenvalue weighted by atomic mass is 10.0. The van der Waals surface area contributed by atoms with Gasteiger partial charge in [0, 0.05) is 37.0 Å². The first kappa shape index (κ1) is 18.2. The molecular formula is C20H26N4O2. The standard InChI is InChI=1S/C20H26N4O2/c1-12-6-7-13(2)20-19(12)15(14(3)22-20)10-18(25)23-16(11-26-5)17-8-9-21-24(17)4/h6-9,16,22H,10-11H2,1-5H3,(H,23,25)/t16-/m0/s1. The number of carbonyl (C=O) groups excluding carboxylic acids is 1. The number of aromatic amines is 1. The molecular weight excluding hydrogens is 328 g/mol. The Labute approximate surface area is 153 Å². The summed E-state index contributed by atoms with van der Waals surface area (Å²) in [4.78, 5) is 16.2. The van der Waals surface area contributed by atoms with E-state index in [1.807, 2.05) is 20.0 Å². The van der Waals surface area contributed by atoms with Gasteiger partial charge < -0.3 is 15.0 Å². The minimum Gasteiger partial charge on any atom is -0.382 e. The average molecular weight is 354 g/mol. The minimum absolute atomic E-state index is 0.0295. The Bertz CT molecular complexity index is 939. The highest BCUT2D eigenvalue weighted by Crippen LogP contribution is 2.28. The number of nitrogens with zero attached hydrogens (tertiary/aromatic N) is 2. The Balaban J connectivity index is 1.86. The van der Waals surface area contributed by atoms with E-state index in [1.54, 1.807) is 18.0 Å². The van der Waals surface area contributed by atoms with E-state index in [2.05, 4.69) is 41.4 Å². The lowest BCUT2D eigenvalue weighted by Gasteiger charge is -2.18. The highest BCUT2D eigenvalue weighted by atomic mass is 16.5. The van der Waals surface area contributed by atoms with E-state index in [1.165, 1.54) is 11.1 Å². The molecule has 1 amide bonds. The molecule has 3 aromatic rings. The molecule has 0 aliphatic rings. The number of hydrogen-bond acceptors (Lipinski definition) is 3. The molecule has 0 unspecified atom stereocenters. The van der Waals surface area contributed by atoms with Gasteiger partial charge in [-0.2, -0.15) is 5.10 Å². The number of ether oxygens (including phenoxy) is 1. The number of hydrogen-bond donors (Lipinski definition) is 2. The Kier molecular flexibility index (Phi) is 5.13. The van der Waals surface area contributed by atoms with Crippen LogP contribution in [-0.2, 0) is 23.0 Å². The van der Waals surface area contributed by atoms with Crippen LogP contribution < -0.4 is 5.32 Å². The molecule has 1 aromatic carbocycles. The average Bonchev–Trinajstić information content (AvgIpc) is 3.15. The van der Waals surface area contributed by atoms with Gasteiger partial charge in [-0.25, -0.2) is 0 Å². The van der Waals surface area contributed by atoms with E-state index >= 15 is 0 Å². The van der Waals surface area contributed by atoms with Gasteiger partial charge in [0.05, 0.1) is 24.8 Å². The third kappa shape index (κ3) is 3.37. The number of nitrogens with one attached hydrogen (secondary N) is 2. The van der Waals surface area contributed by atoms with Gasteiger partial charge in [-0.05, 0) is 43.5 Å². The van der Waals surface area contributed by atoms with Crippen LogP contribution in [0.15, 0.2) is 24.4 Å². The molecule has 1 atom stereocenters. The molecule has 0 aliphatic carbocycles. The summed E-state index contributed by atoms with van der Waals surface area (Å²) in [6.07, 6.45) is 2.05. The fourth-order valence-electron chi connectivity index (χ4n) is 3.53. The van der Waals surface area contributed by atoms with Gasteiger partial charge >= 0.3 is 0 Å². The van der Waals surface area contributed by atoms with Crippen molar-refractivity contribution in [3.63, 3.8) is 0 Å². The first-order valence-corrected chi connectivity index (χ1v) is 8.76. The second kappa shape index (κ2) is 7.33. The first-order chi connectivity index (χ1) is 12.4. The molecule has 2 heterocycles. The normalized spacial score (nSPS) is 12.5. The van der Waals surface area contributed by atoms with E-state index in [9.17, 15) is 4.79 Å². The molecule has 2 N–H and O–H groups in total. The minimum atomic E-state index is -0.228. The van der Waals surface area contributed by atoms with Gasteiger partial charge in [0.2, 0.25) is 5.91 Å². The largest absolute Gasteiger partial charge is 0.382 e. The summed E-state index contributed by atoms with van der Waals surface area (Å²) in [5, 5.41) is 8.42. The van der Waals surface area contributed by atoms with Crippen LogP contribution in [0, 0.1) is 20.8 Å². The van der Waals surface area contributed by atoms with Crippen molar-refractivity contribution < 1.29 is 9.53 Å². The fraction of sp³-hybridized carbons (Fsp3) is 0.400. The Hall–Kier alpha value is -2.60. The summed E-state index contributed by atoms with van der Waals surface area (Å²) < 4.78 is 7.04. The van der Waals surface area contributed by atoms with Crippen LogP contribution in [0.3, 0.4) is 0 Å². The lowest BCUT2D eigenvalue weighted by Crippen LogP contribution is -2.33. The quantitative estimate of drug-likeness (QED) is 0.715. The molecule has 0 aliphatic heterocycles. The highest BCUT2D eigenvalue weighted by Gasteiger charge is 2.20. The summed E-state index contributed by atoms with van der Waals surface area (Å²) in [6.45, 7) is 6.59. The molecule has 0 spiro atoms. The summed E-state index contributed by atoms with van der Waals surface area (Å²) in [5.41, 5.74) is 6.50. The van der Waals surface area contributed by atoms with Gasteiger partial charge in [0.15, 0.2) is 0 Å². The summed E-state index contributed by atoms with van der Waals surface area (Å²) in [7, 11) is 3.49. The maximum Gasteiger partial charge on any atom is 0.225 e. The zero-order valence-corrected chi connectivity index (χ0v) is 16.0. The number of benzene rings is 1. The molecule has 3 rings (SSSR count). The molecule has 2 aromatic heterocycles. The van der Waals surface area contributed by atoms with E-state index in [-0.39, 0.29) is 11.9 Å². The van der Waals surface area contributed by atoms with Crippen LogP contribution in [-0.4, -0.2) is 34.4 Å². The SMILES string of the molecule is COC[C@H](NC(=O)Cc1c(C)[nH]c2c(C)ccc(C)c12)c1ccnn1C. The van der Waals surface area contributed by atoms with Crippen LogP contribution in [0.5, 0.6) is 0 Å². The van der Waals surface area contributed by atoms with E-state index in [0.29, 0.717) is 13.0 Å². The Morgan fingerprint density at radius 1 is 1.27 bits per heavy atom. The molecule has 0 fully saturated rings. The number of carbonyl (C=O) groups is 1. The predicted octanol–water partition coefficient (Wildman–Crippen LogP) is 2.87. The number of aromatic nitrogens is 3. The molecule has 0 saturated heterocycles. The van der Waals surface area contributed by atoms with E-state index in [0.717, 1.165) is 27.9 Å². The Morgan fingerprint density at radius 3 is 2.65 bits per heavy atom. The van der Waals surface area contributed by atoms with Crippen molar-refractivity contribution in [2.75, 3.05) is 13.7 Å². The van der Waals surface area contributed by atoms with Crippen molar-refractivity contribution in [3.8, 4) is 0 Å². The van der Waals surface area contributed by atoms with Crippen molar-refractivity contribution in [1.29, 1.82) is 0 Å². The molecule has 0 radical (unpaired) electrons. The lowest BCUT2D eigenvalue weighted by molar-refractivity contribution is -0.121. The van der Waals surface area contributed by atoms with Crippen LogP contribution >= 0.6 is 0 Å². The van der Waals surface area contributed by atoms with Crippen molar-refractivity contribution in [2.24, 2.45) is 7.05 Å². The number of H-pyrrole nitrogens is 1. The van der Waals surface area contributed by atoms with Gasteiger partial charge in [0.25, 0.3) is 0 Å². The first-order valence-electron chi connectivity index (χ1n) is 8.76. The monoisotopic (exact) mass is 354 g/mol. The second-order valence-electron chi connectivity index (χ2n) is 6.81. The zero-order chi connectivity index (χ0) is 18.8. The van der Waals surface area contributed by atoms with Crippen LogP contribution in [0.1, 0.15) is 34.1 Å². The molecule has 26 heavy (non-hydrogen) atoms. The van der Waals surface area contributed by atoms with Crippen LogP contribution in [0.4, 0.5) is 0 Å². The number of fused-ring (bicyclic) bond motifs is 1. The Morgan fingerprint density at radius 2 is 2.00 bits per heavy atom. The number of rotatable bonds is 6.